The van der Waals surface area contributed by atoms with Crippen LogP contribution in [0.4, 0.5) is 8.78 Å². The van der Waals surface area contributed by atoms with Crippen molar-refractivity contribution in [3.63, 3.8) is 0 Å². The fourth-order valence-corrected chi connectivity index (χ4v) is 3.14. The van der Waals surface area contributed by atoms with Crippen molar-refractivity contribution < 1.29 is 18.7 Å². The van der Waals surface area contributed by atoms with Gasteiger partial charge in [0.15, 0.2) is 5.65 Å². The molecule has 8 heteroatoms. The van der Waals surface area contributed by atoms with E-state index in [2.05, 4.69) is 5.10 Å². The van der Waals surface area contributed by atoms with Crippen LogP contribution in [0, 0.1) is 0 Å². The third-order valence-corrected chi connectivity index (χ3v) is 4.31. The Morgan fingerprint density at radius 3 is 2.70 bits per heavy atom. The van der Waals surface area contributed by atoms with Crippen LogP contribution in [0.15, 0.2) is 17.1 Å². The molecule has 0 aliphatic heterocycles. The smallest absolute Gasteiger partial charge is 0.305 e. The lowest BCUT2D eigenvalue weighted by Gasteiger charge is -2.08. The predicted molar refractivity (Wildman–Crippen MR) is 78.7 cm³/mol. The highest BCUT2D eigenvalue weighted by Gasteiger charge is 2.23. The maximum atomic E-state index is 13.2. The SMILES string of the molecule is O=C(O)CCn1c(=O)cc(C(F)F)c2cn(C3CCCC3)nc21. The van der Waals surface area contributed by atoms with Crippen LogP contribution in [0.3, 0.4) is 0 Å². The fourth-order valence-electron chi connectivity index (χ4n) is 3.14. The molecule has 0 radical (unpaired) electrons. The van der Waals surface area contributed by atoms with Gasteiger partial charge in [0.1, 0.15) is 0 Å². The second kappa shape index (κ2) is 6.10. The number of alkyl halides is 2. The first-order valence-corrected chi connectivity index (χ1v) is 7.60. The molecular weight excluding hydrogens is 308 g/mol. The number of hydrogen-bond acceptors (Lipinski definition) is 3. The number of aryl methyl sites for hydroxylation is 1. The summed E-state index contributed by atoms with van der Waals surface area (Å²) in [7, 11) is 0. The Bertz CT molecular complexity index is 791. The zero-order valence-corrected chi connectivity index (χ0v) is 12.4. The number of carboxylic acid groups (broad SMARTS) is 1. The Balaban J connectivity index is 2.14. The molecule has 1 fully saturated rings. The average Bonchev–Trinajstić information content (AvgIpc) is 3.13. The van der Waals surface area contributed by atoms with E-state index in [9.17, 15) is 18.4 Å². The van der Waals surface area contributed by atoms with Crippen molar-refractivity contribution in [2.75, 3.05) is 0 Å². The Labute approximate surface area is 130 Å². The quantitative estimate of drug-likeness (QED) is 0.917. The number of rotatable bonds is 5. The van der Waals surface area contributed by atoms with Gasteiger partial charge in [-0.1, -0.05) is 12.8 Å². The Morgan fingerprint density at radius 1 is 1.39 bits per heavy atom. The number of fused-ring (bicyclic) bond motifs is 1. The van der Waals surface area contributed by atoms with Crippen molar-refractivity contribution in [1.82, 2.24) is 14.3 Å². The molecule has 0 aromatic carbocycles. The third-order valence-electron chi connectivity index (χ3n) is 4.31. The molecule has 1 saturated carbocycles. The molecule has 2 heterocycles. The van der Waals surface area contributed by atoms with Gasteiger partial charge in [-0.2, -0.15) is 5.10 Å². The first-order chi connectivity index (χ1) is 11.0. The van der Waals surface area contributed by atoms with Gasteiger partial charge in [-0.3, -0.25) is 18.8 Å². The number of carboxylic acids is 1. The Kier molecular flexibility index (Phi) is 4.14. The molecule has 0 spiro atoms. The van der Waals surface area contributed by atoms with E-state index >= 15 is 0 Å². The molecule has 3 rings (SSSR count). The summed E-state index contributed by atoms with van der Waals surface area (Å²) in [5.74, 6) is -1.06. The summed E-state index contributed by atoms with van der Waals surface area (Å²) in [4.78, 5) is 22.8. The molecule has 0 amide bonds. The molecule has 0 atom stereocenters. The molecule has 2 aromatic heterocycles. The maximum absolute atomic E-state index is 13.2. The van der Waals surface area contributed by atoms with E-state index in [1.54, 1.807) is 10.9 Å². The fraction of sp³-hybridized carbons (Fsp3) is 0.533. The minimum Gasteiger partial charge on any atom is -0.481 e. The van der Waals surface area contributed by atoms with Crippen molar-refractivity contribution in [2.45, 2.75) is 51.1 Å². The van der Waals surface area contributed by atoms with Gasteiger partial charge in [-0.05, 0) is 12.8 Å². The van der Waals surface area contributed by atoms with Gasteiger partial charge in [0.05, 0.1) is 12.5 Å². The highest BCUT2D eigenvalue weighted by Crippen LogP contribution is 2.32. The molecule has 2 aromatic rings. The summed E-state index contributed by atoms with van der Waals surface area (Å²) in [5, 5.41) is 13.3. The van der Waals surface area contributed by atoms with Gasteiger partial charge in [-0.15, -0.1) is 0 Å². The Morgan fingerprint density at radius 2 is 2.09 bits per heavy atom. The number of halogens is 2. The van der Waals surface area contributed by atoms with Crippen LogP contribution in [-0.2, 0) is 11.3 Å². The van der Waals surface area contributed by atoms with E-state index < -0.39 is 18.0 Å². The minimum absolute atomic E-state index is 0.0874. The van der Waals surface area contributed by atoms with Crippen molar-refractivity contribution in [2.24, 2.45) is 0 Å². The largest absolute Gasteiger partial charge is 0.481 e. The number of aromatic nitrogens is 3. The van der Waals surface area contributed by atoms with Crippen molar-refractivity contribution in [1.29, 1.82) is 0 Å². The molecule has 23 heavy (non-hydrogen) atoms. The zero-order valence-electron chi connectivity index (χ0n) is 12.4. The van der Waals surface area contributed by atoms with E-state index in [4.69, 9.17) is 5.11 Å². The number of pyridine rings is 1. The van der Waals surface area contributed by atoms with Gasteiger partial charge < -0.3 is 5.11 Å². The van der Waals surface area contributed by atoms with Gasteiger partial charge >= 0.3 is 5.97 Å². The number of nitrogens with zero attached hydrogens (tertiary/aromatic N) is 3. The highest BCUT2D eigenvalue weighted by molar-refractivity contribution is 5.79. The van der Waals surface area contributed by atoms with Gasteiger partial charge in [-0.25, -0.2) is 8.78 Å². The first-order valence-electron chi connectivity index (χ1n) is 7.60. The monoisotopic (exact) mass is 325 g/mol. The number of aliphatic carboxylic acids is 1. The van der Waals surface area contributed by atoms with E-state index in [-0.39, 0.29) is 35.6 Å². The molecule has 1 N–H and O–H groups in total. The lowest BCUT2D eigenvalue weighted by atomic mass is 10.2. The summed E-state index contributed by atoms with van der Waals surface area (Å²) in [6.45, 7) is -0.0874. The van der Waals surface area contributed by atoms with Crippen molar-refractivity contribution in [3.8, 4) is 0 Å². The van der Waals surface area contributed by atoms with E-state index in [0.717, 1.165) is 31.7 Å². The molecule has 0 saturated heterocycles. The van der Waals surface area contributed by atoms with Gasteiger partial charge in [0.25, 0.3) is 12.0 Å². The van der Waals surface area contributed by atoms with E-state index in [1.165, 1.54) is 4.57 Å². The maximum Gasteiger partial charge on any atom is 0.305 e. The topological polar surface area (TPSA) is 77.1 Å². The summed E-state index contributed by atoms with van der Waals surface area (Å²) in [6.07, 6.45) is 2.50. The molecule has 6 nitrogen and oxygen atoms in total. The summed E-state index contributed by atoms with van der Waals surface area (Å²) in [6, 6.07) is 1.03. The van der Waals surface area contributed by atoms with Crippen LogP contribution in [0.2, 0.25) is 0 Å². The van der Waals surface area contributed by atoms with Crippen LogP contribution < -0.4 is 5.56 Å². The van der Waals surface area contributed by atoms with Crippen molar-refractivity contribution in [3.05, 3.63) is 28.2 Å². The van der Waals surface area contributed by atoms with Crippen LogP contribution in [-0.4, -0.2) is 25.4 Å². The standard InChI is InChI=1S/C15H17F2N3O3/c16-14(17)10-7-12(21)19(6-5-13(22)23)15-11(10)8-20(18-15)9-3-1-2-4-9/h7-9,14H,1-6H2,(H,22,23). The lowest BCUT2D eigenvalue weighted by molar-refractivity contribution is -0.137. The molecule has 0 bridgehead atoms. The lowest BCUT2D eigenvalue weighted by Crippen LogP contribution is -2.22. The molecule has 1 aliphatic carbocycles. The normalized spacial score (nSPS) is 15.8. The van der Waals surface area contributed by atoms with Crippen LogP contribution in [0.1, 0.15) is 50.1 Å². The van der Waals surface area contributed by atoms with Gasteiger partial charge in [0, 0.05) is 29.8 Å². The second-order valence-electron chi connectivity index (χ2n) is 5.82. The van der Waals surface area contributed by atoms with Crippen LogP contribution in [0.25, 0.3) is 11.0 Å². The summed E-state index contributed by atoms with van der Waals surface area (Å²) in [5.41, 5.74) is -0.854. The number of hydrogen-bond donors (Lipinski definition) is 1. The van der Waals surface area contributed by atoms with Gasteiger partial charge in [0.2, 0.25) is 0 Å². The van der Waals surface area contributed by atoms with Crippen molar-refractivity contribution >= 4 is 17.0 Å². The Hall–Kier alpha value is -2.25. The molecule has 1 aliphatic rings. The van der Waals surface area contributed by atoms with E-state index in [1.807, 2.05) is 0 Å². The number of carbonyl (C=O) groups is 1. The summed E-state index contributed by atoms with van der Waals surface area (Å²) < 4.78 is 29.3. The third kappa shape index (κ3) is 2.97. The molecular formula is C15H17F2N3O3. The van der Waals surface area contributed by atoms with Crippen LogP contribution >= 0.6 is 0 Å². The summed E-state index contributed by atoms with van der Waals surface area (Å²) >= 11 is 0. The zero-order chi connectivity index (χ0) is 16.6. The highest BCUT2D eigenvalue weighted by atomic mass is 19.3. The predicted octanol–water partition coefficient (Wildman–Crippen LogP) is 2.73. The average molecular weight is 325 g/mol. The van der Waals surface area contributed by atoms with Crippen LogP contribution in [0.5, 0.6) is 0 Å². The molecule has 0 unspecified atom stereocenters. The first kappa shape index (κ1) is 15.6. The second-order valence-corrected chi connectivity index (χ2v) is 5.82. The minimum atomic E-state index is -2.78. The molecule has 124 valence electrons. The van der Waals surface area contributed by atoms with E-state index in [0.29, 0.717) is 0 Å².